The number of benzene rings is 1. The van der Waals surface area contributed by atoms with Crippen LogP contribution < -0.4 is 4.74 Å². The number of aromatic carboxylic acids is 1. The number of halogens is 1. The number of pyridine rings is 1. The molecule has 18 heavy (non-hydrogen) atoms. The Morgan fingerprint density at radius 2 is 2.17 bits per heavy atom. The quantitative estimate of drug-likeness (QED) is 0.920. The highest BCUT2D eigenvalue weighted by Crippen LogP contribution is 2.29. The molecule has 0 fully saturated rings. The fourth-order valence-corrected chi connectivity index (χ4v) is 1.69. The van der Waals surface area contributed by atoms with E-state index in [9.17, 15) is 4.79 Å². The van der Waals surface area contributed by atoms with Gasteiger partial charge in [-0.05, 0) is 18.6 Å². The van der Waals surface area contributed by atoms with Crippen molar-refractivity contribution < 1.29 is 14.6 Å². The van der Waals surface area contributed by atoms with Crippen molar-refractivity contribution in [3.8, 4) is 11.5 Å². The zero-order valence-electron chi connectivity index (χ0n) is 9.55. The van der Waals surface area contributed by atoms with Gasteiger partial charge in [0.25, 0.3) is 0 Å². The van der Waals surface area contributed by atoms with E-state index >= 15 is 0 Å². The summed E-state index contributed by atoms with van der Waals surface area (Å²) in [7, 11) is 0. The number of carbonyl (C=O) groups is 1. The topological polar surface area (TPSA) is 59.4 Å². The van der Waals surface area contributed by atoms with Crippen LogP contribution in [0.4, 0.5) is 0 Å². The molecule has 0 radical (unpaired) electrons. The first-order valence-corrected chi connectivity index (χ1v) is 5.57. The van der Waals surface area contributed by atoms with E-state index in [0.717, 1.165) is 5.56 Å². The molecule has 2 rings (SSSR count). The third-order valence-electron chi connectivity index (χ3n) is 2.34. The predicted molar refractivity (Wildman–Crippen MR) is 67.5 cm³/mol. The molecule has 5 heteroatoms. The van der Waals surface area contributed by atoms with Crippen LogP contribution in [0.2, 0.25) is 5.02 Å². The number of carboxylic acid groups (broad SMARTS) is 1. The SMILES string of the molecule is Cc1cccc(C(=O)O)c1Oc1cncc(Cl)c1. The largest absolute Gasteiger partial charge is 0.478 e. The number of hydrogen-bond acceptors (Lipinski definition) is 3. The van der Waals surface area contributed by atoms with Crippen LogP contribution in [-0.4, -0.2) is 16.1 Å². The van der Waals surface area contributed by atoms with Crippen LogP contribution in [-0.2, 0) is 0 Å². The van der Waals surface area contributed by atoms with Gasteiger partial charge in [0.2, 0.25) is 0 Å². The lowest BCUT2D eigenvalue weighted by Crippen LogP contribution is -2.01. The lowest BCUT2D eigenvalue weighted by molar-refractivity contribution is 0.0694. The van der Waals surface area contributed by atoms with Crippen molar-refractivity contribution in [2.75, 3.05) is 0 Å². The highest BCUT2D eigenvalue weighted by molar-refractivity contribution is 6.30. The first-order valence-electron chi connectivity index (χ1n) is 5.19. The number of carboxylic acids is 1. The highest BCUT2D eigenvalue weighted by Gasteiger charge is 2.14. The molecular formula is C13H10ClNO3. The summed E-state index contributed by atoms with van der Waals surface area (Å²) in [6.45, 7) is 1.78. The molecule has 1 heterocycles. The van der Waals surface area contributed by atoms with Gasteiger partial charge in [-0.2, -0.15) is 0 Å². The van der Waals surface area contributed by atoms with E-state index in [4.69, 9.17) is 21.4 Å². The second-order valence-electron chi connectivity index (χ2n) is 3.70. The van der Waals surface area contributed by atoms with Gasteiger partial charge >= 0.3 is 5.97 Å². The molecule has 2 aromatic rings. The maximum Gasteiger partial charge on any atom is 0.339 e. The summed E-state index contributed by atoms with van der Waals surface area (Å²) in [6, 6.07) is 6.51. The molecule has 1 N–H and O–H groups in total. The fourth-order valence-electron chi connectivity index (χ4n) is 1.52. The maximum absolute atomic E-state index is 11.1. The van der Waals surface area contributed by atoms with Crippen LogP contribution in [0.15, 0.2) is 36.7 Å². The van der Waals surface area contributed by atoms with Gasteiger partial charge in [0, 0.05) is 12.3 Å². The van der Waals surface area contributed by atoms with Crippen molar-refractivity contribution in [3.05, 3.63) is 52.8 Å². The first-order chi connectivity index (χ1) is 8.58. The van der Waals surface area contributed by atoms with E-state index in [-0.39, 0.29) is 5.56 Å². The number of aryl methyl sites for hydroxylation is 1. The zero-order chi connectivity index (χ0) is 13.1. The van der Waals surface area contributed by atoms with Crippen LogP contribution in [0.3, 0.4) is 0 Å². The van der Waals surface area contributed by atoms with E-state index in [0.29, 0.717) is 16.5 Å². The van der Waals surface area contributed by atoms with Gasteiger partial charge < -0.3 is 9.84 Å². The molecule has 1 aromatic heterocycles. The molecule has 1 aromatic carbocycles. The summed E-state index contributed by atoms with van der Waals surface area (Å²) in [6.07, 6.45) is 2.95. The molecule has 4 nitrogen and oxygen atoms in total. The van der Waals surface area contributed by atoms with Crippen LogP contribution >= 0.6 is 11.6 Å². The standard InChI is InChI=1S/C13H10ClNO3/c1-8-3-2-4-11(13(16)17)12(8)18-10-5-9(14)6-15-7-10/h2-7H,1H3,(H,16,17). The van der Waals surface area contributed by atoms with E-state index in [2.05, 4.69) is 4.98 Å². The molecule has 0 aliphatic rings. The number of hydrogen-bond donors (Lipinski definition) is 1. The third kappa shape index (κ3) is 2.60. The summed E-state index contributed by atoms with van der Waals surface area (Å²) >= 11 is 5.79. The van der Waals surface area contributed by atoms with Gasteiger partial charge in [-0.1, -0.05) is 23.7 Å². The summed E-state index contributed by atoms with van der Waals surface area (Å²) < 4.78 is 5.55. The predicted octanol–water partition coefficient (Wildman–Crippen LogP) is 3.53. The summed E-state index contributed by atoms with van der Waals surface area (Å²) in [5.41, 5.74) is 0.838. The second kappa shape index (κ2) is 5.06. The fraction of sp³-hybridized carbons (Fsp3) is 0.0769. The molecule has 92 valence electrons. The van der Waals surface area contributed by atoms with Gasteiger partial charge in [-0.3, -0.25) is 4.98 Å². The van der Waals surface area contributed by atoms with E-state index in [1.54, 1.807) is 25.1 Å². The zero-order valence-corrected chi connectivity index (χ0v) is 10.3. The molecule has 0 bridgehead atoms. The van der Waals surface area contributed by atoms with Crippen LogP contribution in [0.25, 0.3) is 0 Å². The summed E-state index contributed by atoms with van der Waals surface area (Å²) in [5.74, 6) is -0.336. The Kier molecular flexibility index (Phi) is 3.48. The van der Waals surface area contributed by atoms with Crippen molar-refractivity contribution in [2.24, 2.45) is 0 Å². The van der Waals surface area contributed by atoms with Crippen molar-refractivity contribution >= 4 is 17.6 Å². The number of aromatic nitrogens is 1. The normalized spacial score (nSPS) is 10.1. The number of para-hydroxylation sites is 1. The van der Waals surface area contributed by atoms with Crippen molar-refractivity contribution in [1.29, 1.82) is 0 Å². The van der Waals surface area contributed by atoms with E-state index < -0.39 is 5.97 Å². The Morgan fingerprint density at radius 1 is 1.39 bits per heavy atom. The smallest absolute Gasteiger partial charge is 0.339 e. The number of ether oxygens (including phenoxy) is 1. The lowest BCUT2D eigenvalue weighted by atomic mass is 10.1. The second-order valence-corrected chi connectivity index (χ2v) is 4.13. The van der Waals surface area contributed by atoms with E-state index in [1.165, 1.54) is 18.5 Å². The Balaban J connectivity index is 2.42. The van der Waals surface area contributed by atoms with Crippen molar-refractivity contribution in [2.45, 2.75) is 6.92 Å². The summed E-state index contributed by atoms with van der Waals surface area (Å²) in [4.78, 5) is 15.0. The third-order valence-corrected chi connectivity index (χ3v) is 2.55. The van der Waals surface area contributed by atoms with Gasteiger partial charge in [-0.15, -0.1) is 0 Å². The number of rotatable bonds is 3. The molecule has 0 aliphatic heterocycles. The van der Waals surface area contributed by atoms with E-state index in [1.807, 2.05) is 0 Å². The van der Waals surface area contributed by atoms with Gasteiger partial charge in [0.1, 0.15) is 17.1 Å². The minimum atomic E-state index is -1.04. The first kappa shape index (κ1) is 12.4. The Morgan fingerprint density at radius 3 is 2.83 bits per heavy atom. The lowest BCUT2D eigenvalue weighted by Gasteiger charge is -2.11. The monoisotopic (exact) mass is 263 g/mol. The molecule has 0 atom stereocenters. The molecule has 0 aliphatic carbocycles. The molecule has 0 saturated heterocycles. The minimum Gasteiger partial charge on any atom is -0.478 e. The average molecular weight is 264 g/mol. The summed E-state index contributed by atoms with van der Waals surface area (Å²) in [5, 5.41) is 9.53. The Labute approximate surface area is 109 Å². The van der Waals surface area contributed by atoms with Gasteiger partial charge in [0.15, 0.2) is 0 Å². The number of nitrogens with zero attached hydrogens (tertiary/aromatic N) is 1. The van der Waals surface area contributed by atoms with Crippen LogP contribution in [0.5, 0.6) is 11.5 Å². The molecule has 0 unspecified atom stereocenters. The molecule has 0 spiro atoms. The van der Waals surface area contributed by atoms with Gasteiger partial charge in [0.05, 0.1) is 11.2 Å². The minimum absolute atomic E-state index is 0.106. The molecule has 0 saturated carbocycles. The van der Waals surface area contributed by atoms with Gasteiger partial charge in [-0.25, -0.2) is 4.79 Å². The average Bonchev–Trinajstić information content (AvgIpc) is 2.31. The molecular weight excluding hydrogens is 254 g/mol. The van der Waals surface area contributed by atoms with Crippen molar-refractivity contribution in [3.63, 3.8) is 0 Å². The van der Waals surface area contributed by atoms with Crippen LogP contribution in [0.1, 0.15) is 15.9 Å². The maximum atomic E-state index is 11.1. The Hall–Kier alpha value is -2.07. The van der Waals surface area contributed by atoms with Crippen molar-refractivity contribution in [1.82, 2.24) is 4.98 Å². The highest BCUT2D eigenvalue weighted by atomic mass is 35.5. The Bertz CT molecular complexity index is 599. The van der Waals surface area contributed by atoms with Crippen LogP contribution in [0, 0.1) is 6.92 Å². The molecule has 0 amide bonds.